The lowest BCUT2D eigenvalue weighted by Gasteiger charge is -2.20. The van der Waals surface area contributed by atoms with E-state index in [0.717, 1.165) is 6.42 Å². The minimum Gasteiger partial charge on any atom is -0.395 e. The number of carbonyl (C=O) groups excluding carboxylic acids is 2. The standard InChI is InChI=1S/C17H22N2O3/c1-3-7-19(8-9-20)17(22)13-5-4-6-14(11-13)18-16(21)15-10-12(15)2/h3-6,11-12,15,20H,1,7-10H2,2H3,(H,18,21). The third-order valence-corrected chi connectivity index (χ3v) is 3.83. The van der Waals surface area contributed by atoms with Gasteiger partial charge in [0.25, 0.3) is 5.91 Å². The van der Waals surface area contributed by atoms with E-state index in [4.69, 9.17) is 5.11 Å². The highest BCUT2D eigenvalue weighted by Gasteiger charge is 2.39. The van der Waals surface area contributed by atoms with Crippen molar-refractivity contribution in [3.05, 3.63) is 42.5 Å². The Morgan fingerprint density at radius 1 is 1.50 bits per heavy atom. The van der Waals surface area contributed by atoms with E-state index in [1.807, 2.05) is 6.92 Å². The SMILES string of the molecule is C=CCN(CCO)C(=O)c1cccc(NC(=O)C2CC2C)c1. The number of aliphatic hydroxyl groups excluding tert-OH is 1. The number of nitrogens with one attached hydrogen (secondary N) is 1. The second kappa shape index (κ2) is 7.22. The van der Waals surface area contributed by atoms with E-state index in [2.05, 4.69) is 11.9 Å². The van der Waals surface area contributed by atoms with E-state index in [1.165, 1.54) is 4.90 Å². The molecule has 2 N–H and O–H groups in total. The van der Waals surface area contributed by atoms with Gasteiger partial charge in [-0.25, -0.2) is 0 Å². The van der Waals surface area contributed by atoms with Crippen LogP contribution in [0.4, 0.5) is 5.69 Å². The molecule has 1 fully saturated rings. The average molecular weight is 302 g/mol. The minimum absolute atomic E-state index is 0.00963. The summed E-state index contributed by atoms with van der Waals surface area (Å²) in [7, 11) is 0. The largest absolute Gasteiger partial charge is 0.395 e. The van der Waals surface area contributed by atoms with Crippen LogP contribution in [-0.2, 0) is 4.79 Å². The number of rotatable bonds is 7. The number of anilines is 1. The molecule has 2 rings (SSSR count). The smallest absolute Gasteiger partial charge is 0.254 e. The van der Waals surface area contributed by atoms with E-state index in [-0.39, 0.29) is 30.9 Å². The summed E-state index contributed by atoms with van der Waals surface area (Å²) in [6.45, 7) is 6.18. The lowest BCUT2D eigenvalue weighted by molar-refractivity contribution is -0.117. The number of amides is 2. The highest BCUT2D eigenvalue weighted by molar-refractivity contribution is 5.98. The maximum atomic E-state index is 12.4. The van der Waals surface area contributed by atoms with Gasteiger partial charge < -0.3 is 15.3 Å². The zero-order chi connectivity index (χ0) is 16.1. The molecule has 5 heteroatoms. The van der Waals surface area contributed by atoms with Crippen molar-refractivity contribution >= 4 is 17.5 Å². The Morgan fingerprint density at radius 2 is 2.23 bits per heavy atom. The van der Waals surface area contributed by atoms with Gasteiger partial charge >= 0.3 is 0 Å². The molecular weight excluding hydrogens is 280 g/mol. The van der Waals surface area contributed by atoms with E-state index in [9.17, 15) is 9.59 Å². The van der Waals surface area contributed by atoms with Crippen molar-refractivity contribution in [2.24, 2.45) is 11.8 Å². The van der Waals surface area contributed by atoms with E-state index in [1.54, 1.807) is 30.3 Å². The van der Waals surface area contributed by atoms with Crippen LogP contribution in [0.1, 0.15) is 23.7 Å². The zero-order valence-corrected chi connectivity index (χ0v) is 12.8. The summed E-state index contributed by atoms with van der Waals surface area (Å²) >= 11 is 0. The number of aliphatic hydroxyl groups is 1. The molecule has 0 saturated heterocycles. The summed E-state index contributed by atoms with van der Waals surface area (Å²) < 4.78 is 0. The molecule has 0 radical (unpaired) electrons. The van der Waals surface area contributed by atoms with Gasteiger partial charge in [-0.3, -0.25) is 9.59 Å². The summed E-state index contributed by atoms with van der Waals surface area (Å²) in [5.41, 5.74) is 1.11. The third kappa shape index (κ3) is 3.95. The Hall–Kier alpha value is -2.14. The van der Waals surface area contributed by atoms with Crippen molar-refractivity contribution in [2.45, 2.75) is 13.3 Å². The molecule has 1 saturated carbocycles. The Labute approximate surface area is 130 Å². The fourth-order valence-corrected chi connectivity index (χ4v) is 2.39. The van der Waals surface area contributed by atoms with E-state index >= 15 is 0 Å². The lowest BCUT2D eigenvalue weighted by Crippen LogP contribution is -2.33. The van der Waals surface area contributed by atoms with Crippen molar-refractivity contribution in [3.63, 3.8) is 0 Å². The van der Waals surface area contributed by atoms with Gasteiger partial charge in [-0.15, -0.1) is 6.58 Å². The van der Waals surface area contributed by atoms with Crippen LogP contribution in [-0.4, -0.2) is 41.5 Å². The number of hydrogen-bond acceptors (Lipinski definition) is 3. The molecule has 0 spiro atoms. The molecule has 1 aliphatic carbocycles. The molecular formula is C17H22N2O3. The molecule has 0 aromatic heterocycles. The lowest BCUT2D eigenvalue weighted by atomic mass is 10.1. The summed E-state index contributed by atoms with van der Waals surface area (Å²) in [6.07, 6.45) is 2.54. The fraction of sp³-hybridized carbons (Fsp3) is 0.412. The van der Waals surface area contributed by atoms with Crippen LogP contribution >= 0.6 is 0 Å². The highest BCUT2D eigenvalue weighted by atomic mass is 16.3. The van der Waals surface area contributed by atoms with E-state index in [0.29, 0.717) is 23.7 Å². The fourth-order valence-electron chi connectivity index (χ4n) is 2.39. The first-order valence-corrected chi connectivity index (χ1v) is 7.48. The van der Waals surface area contributed by atoms with Gasteiger partial charge in [0.05, 0.1) is 6.61 Å². The molecule has 0 heterocycles. The number of hydrogen-bond donors (Lipinski definition) is 2. The molecule has 2 atom stereocenters. The predicted octanol–water partition coefficient (Wildman–Crippen LogP) is 1.90. The van der Waals surface area contributed by atoms with Crippen LogP contribution in [0.15, 0.2) is 36.9 Å². The number of carbonyl (C=O) groups is 2. The summed E-state index contributed by atoms with van der Waals surface area (Å²) in [6, 6.07) is 6.88. The van der Waals surface area contributed by atoms with Crippen molar-refractivity contribution in [1.29, 1.82) is 0 Å². The van der Waals surface area contributed by atoms with Crippen molar-refractivity contribution < 1.29 is 14.7 Å². The average Bonchev–Trinajstić information content (AvgIpc) is 3.24. The molecule has 5 nitrogen and oxygen atoms in total. The number of nitrogens with zero attached hydrogens (tertiary/aromatic N) is 1. The van der Waals surface area contributed by atoms with Gasteiger partial charge in [-0.2, -0.15) is 0 Å². The molecule has 1 aliphatic rings. The van der Waals surface area contributed by atoms with Gasteiger partial charge in [0, 0.05) is 30.3 Å². The second-order valence-corrected chi connectivity index (χ2v) is 5.65. The Kier molecular flexibility index (Phi) is 5.33. The van der Waals surface area contributed by atoms with Gasteiger partial charge in [0.1, 0.15) is 0 Å². The van der Waals surface area contributed by atoms with Gasteiger partial charge in [-0.1, -0.05) is 19.1 Å². The van der Waals surface area contributed by atoms with Crippen LogP contribution in [0.3, 0.4) is 0 Å². The van der Waals surface area contributed by atoms with Crippen molar-refractivity contribution in [1.82, 2.24) is 4.90 Å². The van der Waals surface area contributed by atoms with Crippen LogP contribution in [0.5, 0.6) is 0 Å². The van der Waals surface area contributed by atoms with Gasteiger partial charge in [0.2, 0.25) is 5.91 Å². The van der Waals surface area contributed by atoms with Gasteiger partial charge in [-0.05, 0) is 30.5 Å². The summed E-state index contributed by atoms with van der Waals surface area (Å²) in [5.74, 6) is 0.351. The first-order valence-electron chi connectivity index (χ1n) is 7.48. The maximum Gasteiger partial charge on any atom is 0.254 e. The van der Waals surface area contributed by atoms with Crippen molar-refractivity contribution in [2.75, 3.05) is 25.0 Å². The van der Waals surface area contributed by atoms with Crippen LogP contribution < -0.4 is 5.32 Å². The molecule has 1 aromatic rings. The third-order valence-electron chi connectivity index (χ3n) is 3.83. The molecule has 22 heavy (non-hydrogen) atoms. The molecule has 118 valence electrons. The number of benzene rings is 1. The molecule has 2 amide bonds. The second-order valence-electron chi connectivity index (χ2n) is 5.65. The Morgan fingerprint density at radius 3 is 2.82 bits per heavy atom. The first kappa shape index (κ1) is 16.2. The minimum atomic E-state index is -0.190. The molecule has 1 aromatic carbocycles. The zero-order valence-electron chi connectivity index (χ0n) is 12.8. The van der Waals surface area contributed by atoms with E-state index < -0.39 is 0 Å². The summed E-state index contributed by atoms with van der Waals surface area (Å²) in [4.78, 5) is 25.9. The van der Waals surface area contributed by atoms with Crippen LogP contribution in [0.2, 0.25) is 0 Å². The molecule has 2 unspecified atom stereocenters. The van der Waals surface area contributed by atoms with Crippen LogP contribution in [0, 0.1) is 11.8 Å². The first-order chi connectivity index (χ1) is 10.6. The van der Waals surface area contributed by atoms with Gasteiger partial charge in [0.15, 0.2) is 0 Å². The van der Waals surface area contributed by atoms with Crippen molar-refractivity contribution in [3.8, 4) is 0 Å². The monoisotopic (exact) mass is 302 g/mol. The maximum absolute atomic E-state index is 12.4. The highest BCUT2D eigenvalue weighted by Crippen LogP contribution is 2.38. The topological polar surface area (TPSA) is 69.6 Å². The summed E-state index contributed by atoms with van der Waals surface area (Å²) in [5, 5.41) is 11.9. The molecule has 0 bridgehead atoms. The van der Waals surface area contributed by atoms with Crippen LogP contribution in [0.25, 0.3) is 0 Å². The Balaban J connectivity index is 2.07. The Bertz CT molecular complexity index is 571. The molecule has 0 aliphatic heterocycles. The normalized spacial score (nSPS) is 19.4. The quantitative estimate of drug-likeness (QED) is 0.756. The predicted molar refractivity (Wildman–Crippen MR) is 85.5 cm³/mol.